The van der Waals surface area contributed by atoms with Gasteiger partial charge < -0.3 is 0 Å². The number of rotatable bonds is 2. The fourth-order valence-corrected chi connectivity index (χ4v) is 5.64. The Labute approximate surface area is 131 Å². The molecule has 0 spiro atoms. The molecule has 0 amide bonds. The molecule has 0 aliphatic carbocycles. The van der Waals surface area contributed by atoms with Crippen LogP contribution in [0.1, 0.15) is 21.6 Å². The summed E-state index contributed by atoms with van der Waals surface area (Å²) in [4.78, 5) is 0. The fourth-order valence-electron chi connectivity index (χ4n) is 2.23. The van der Waals surface area contributed by atoms with Crippen molar-refractivity contribution in [3.8, 4) is 0 Å². The molecule has 0 saturated carbocycles. The van der Waals surface area contributed by atoms with Crippen molar-refractivity contribution in [1.82, 2.24) is 0 Å². The third-order valence-corrected chi connectivity index (χ3v) is 7.00. The maximum Gasteiger partial charge on any atom is 0.0751 e. The first-order valence-corrected chi connectivity index (χ1v) is 9.25. The van der Waals surface area contributed by atoms with Gasteiger partial charge in [-0.15, -0.1) is 23.5 Å². The van der Waals surface area contributed by atoms with Crippen LogP contribution in [-0.4, -0.2) is 11.5 Å². The van der Waals surface area contributed by atoms with Gasteiger partial charge in [-0.05, 0) is 23.3 Å². The van der Waals surface area contributed by atoms with E-state index in [2.05, 4.69) is 94.1 Å². The summed E-state index contributed by atoms with van der Waals surface area (Å²) in [7, 11) is 0. The second-order valence-electron chi connectivity index (χ2n) is 4.66. The number of hydrogen-bond acceptors (Lipinski definition) is 2. The quantitative estimate of drug-likeness (QED) is 0.679. The van der Waals surface area contributed by atoms with Crippen molar-refractivity contribution in [2.45, 2.75) is 10.5 Å². The highest BCUT2D eigenvalue weighted by Crippen LogP contribution is 2.47. The fraction of sp³-hybridized carbons (Fsp3) is 0.250. The average molecular weight is 351 g/mol. The van der Waals surface area contributed by atoms with E-state index in [-0.39, 0.29) is 0 Å². The standard InChI is InChI=1S/C16H15BrS2/c17-15-8-6-13(7-9-15)16-18-10-14(11-19-16)12-4-2-1-3-5-12/h1-9,14,16H,10-11H2. The summed E-state index contributed by atoms with van der Waals surface area (Å²) in [6.07, 6.45) is 0. The molecule has 0 radical (unpaired) electrons. The summed E-state index contributed by atoms with van der Waals surface area (Å²) in [5, 5.41) is 0. The minimum atomic E-state index is 0.591. The molecule has 1 aliphatic rings. The van der Waals surface area contributed by atoms with E-state index in [1.54, 1.807) is 0 Å². The summed E-state index contributed by atoms with van der Waals surface area (Å²) in [6.45, 7) is 0. The first kappa shape index (κ1) is 13.6. The van der Waals surface area contributed by atoms with Crippen molar-refractivity contribution in [3.63, 3.8) is 0 Å². The average Bonchev–Trinajstić information content (AvgIpc) is 2.49. The third kappa shape index (κ3) is 3.39. The van der Waals surface area contributed by atoms with E-state index in [0.29, 0.717) is 10.5 Å². The third-order valence-electron chi connectivity index (χ3n) is 3.31. The van der Waals surface area contributed by atoms with Crippen molar-refractivity contribution in [3.05, 3.63) is 70.2 Å². The van der Waals surface area contributed by atoms with E-state index in [0.717, 1.165) is 4.47 Å². The molecule has 0 nitrogen and oxygen atoms in total. The minimum Gasteiger partial charge on any atom is -0.142 e. The molecule has 0 N–H and O–H groups in total. The Kier molecular flexibility index (Phi) is 4.57. The Morgan fingerprint density at radius 2 is 1.42 bits per heavy atom. The molecule has 0 atom stereocenters. The molecule has 19 heavy (non-hydrogen) atoms. The molecular formula is C16H15BrS2. The summed E-state index contributed by atoms with van der Waals surface area (Å²) in [5.74, 6) is 3.14. The highest BCUT2D eigenvalue weighted by atomic mass is 79.9. The van der Waals surface area contributed by atoms with Crippen LogP contribution in [0.4, 0.5) is 0 Å². The van der Waals surface area contributed by atoms with Crippen molar-refractivity contribution in [1.29, 1.82) is 0 Å². The maximum atomic E-state index is 3.50. The van der Waals surface area contributed by atoms with Crippen LogP contribution < -0.4 is 0 Å². The van der Waals surface area contributed by atoms with Crippen LogP contribution in [0.5, 0.6) is 0 Å². The lowest BCUT2D eigenvalue weighted by molar-refractivity contribution is 0.885. The first-order valence-electron chi connectivity index (χ1n) is 6.36. The Balaban J connectivity index is 1.65. The number of benzene rings is 2. The van der Waals surface area contributed by atoms with Gasteiger partial charge in [-0.25, -0.2) is 0 Å². The van der Waals surface area contributed by atoms with Crippen molar-refractivity contribution in [2.75, 3.05) is 11.5 Å². The summed E-state index contributed by atoms with van der Waals surface area (Å²) < 4.78 is 1.75. The smallest absolute Gasteiger partial charge is 0.0751 e. The van der Waals surface area contributed by atoms with Crippen LogP contribution in [-0.2, 0) is 0 Å². The van der Waals surface area contributed by atoms with Crippen LogP contribution in [0.25, 0.3) is 0 Å². The molecule has 3 rings (SSSR count). The zero-order valence-corrected chi connectivity index (χ0v) is 13.7. The van der Waals surface area contributed by atoms with Gasteiger partial charge in [-0.3, -0.25) is 0 Å². The van der Waals surface area contributed by atoms with Gasteiger partial charge in [0.1, 0.15) is 0 Å². The SMILES string of the molecule is Brc1ccc(C2SCC(c3ccccc3)CS2)cc1. The molecule has 0 bridgehead atoms. The second-order valence-corrected chi connectivity index (χ2v) is 8.15. The van der Waals surface area contributed by atoms with Gasteiger partial charge >= 0.3 is 0 Å². The van der Waals surface area contributed by atoms with E-state index < -0.39 is 0 Å². The summed E-state index contributed by atoms with van der Waals surface area (Å²) >= 11 is 7.64. The Hall–Kier alpha value is -0.380. The normalized spacial score (nSPS) is 23.2. The zero-order valence-electron chi connectivity index (χ0n) is 10.5. The van der Waals surface area contributed by atoms with Gasteiger partial charge in [-0.2, -0.15) is 0 Å². The maximum absolute atomic E-state index is 3.50. The van der Waals surface area contributed by atoms with E-state index in [1.165, 1.54) is 22.6 Å². The number of thioether (sulfide) groups is 2. The Bertz CT molecular complexity index is 516. The van der Waals surface area contributed by atoms with Crippen LogP contribution in [0.3, 0.4) is 0 Å². The van der Waals surface area contributed by atoms with Crippen LogP contribution >= 0.6 is 39.5 Å². The Morgan fingerprint density at radius 3 is 2.05 bits per heavy atom. The van der Waals surface area contributed by atoms with Gasteiger partial charge in [0, 0.05) is 21.9 Å². The molecule has 3 heteroatoms. The van der Waals surface area contributed by atoms with Crippen molar-refractivity contribution in [2.24, 2.45) is 0 Å². The lowest BCUT2D eigenvalue weighted by atomic mass is 10.0. The molecule has 2 aromatic rings. The van der Waals surface area contributed by atoms with Gasteiger partial charge in [0.05, 0.1) is 4.58 Å². The topological polar surface area (TPSA) is 0 Å². The number of hydrogen-bond donors (Lipinski definition) is 0. The van der Waals surface area contributed by atoms with Gasteiger partial charge in [0.15, 0.2) is 0 Å². The highest BCUT2D eigenvalue weighted by molar-refractivity contribution is 9.10. The lowest BCUT2D eigenvalue weighted by Gasteiger charge is -2.28. The van der Waals surface area contributed by atoms with Crippen LogP contribution in [0.2, 0.25) is 0 Å². The molecule has 1 fully saturated rings. The predicted octanol–water partition coefficient (Wildman–Crippen LogP) is 5.71. The van der Waals surface area contributed by atoms with E-state index in [4.69, 9.17) is 0 Å². The van der Waals surface area contributed by atoms with Gasteiger partial charge in [0.2, 0.25) is 0 Å². The molecule has 1 aliphatic heterocycles. The van der Waals surface area contributed by atoms with Crippen molar-refractivity contribution < 1.29 is 0 Å². The molecule has 2 aromatic carbocycles. The van der Waals surface area contributed by atoms with Crippen molar-refractivity contribution >= 4 is 39.5 Å². The highest BCUT2D eigenvalue weighted by Gasteiger charge is 2.24. The monoisotopic (exact) mass is 350 g/mol. The van der Waals surface area contributed by atoms with E-state index in [1.807, 2.05) is 0 Å². The molecule has 0 aromatic heterocycles. The predicted molar refractivity (Wildman–Crippen MR) is 91.0 cm³/mol. The largest absolute Gasteiger partial charge is 0.142 e. The lowest BCUT2D eigenvalue weighted by Crippen LogP contribution is -2.12. The van der Waals surface area contributed by atoms with Gasteiger partial charge in [0.25, 0.3) is 0 Å². The zero-order chi connectivity index (χ0) is 13.1. The van der Waals surface area contributed by atoms with Crippen LogP contribution in [0.15, 0.2) is 59.1 Å². The van der Waals surface area contributed by atoms with E-state index in [9.17, 15) is 0 Å². The van der Waals surface area contributed by atoms with E-state index >= 15 is 0 Å². The Morgan fingerprint density at radius 1 is 0.789 bits per heavy atom. The van der Waals surface area contributed by atoms with Gasteiger partial charge in [-0.1, -0.05) is 58.4 Å². The second kappa shape index (κ2) is 6.38. The minimum absolute atomic E-state index is 0.591. The molecule has 0 unspecified atom stereocenters. The molecule has 1 saturated heterocycles. The molecule has 98 valence electrons. The summed E-state index contributed by atoms with van der Waals surface area (Å²) in [6, 6.07) is 19.6. The molecular weight excluding hydrogens is 336 g/mol. The molecule has 1 heterocycles. The van der Waals surface area contributed by atoms with Crippen LogP contribution in [0, 0.1) is 0 Å². The summed E-state index contributed by atoms with van der Waals surface area (Å²) in [5.41, 5.74) is 2.92. The number of halogens is 1. The first-order chi connectivity index (χ1) is 9.33.